The lowest BCUT2D eigenvalue weighted by Crippen LogP contribution is -2.48. The van der Waals surface area contributed by atoms with Crippen molar-refractivity contribution in [3.8, 4) is 5.75 Å². The van der Waals surface area contributed by atoms with Gasteiger partial charge in [-0.25, -0.2) is 0 Å². The number of carbonyl (C=O) groups is 1. The molecule has 2 fully saturated rings. The summed E-state index contributed by atoms with van der Waals surface area (Å²) in [6.07, 6.45) is -1.37. The molecule has 2 bridgehead atoms. The van der Waals surface area contributed by atoms with Crippen molar-refractivity contribution in [1.82, 2.24) is 0 Å². The van der Waals surface area contributed by atoms with Crippen LogP contribution in [0.3, 0.4) is 0 Å². The van der Waals surface area contributed by atoms with E-state index in [4.69, 9.17) is 19.0 Å². The number of benzene rings is 1. The molecule has 0 radical (unpaired) electrons. The predicted octanol–water partition coefficient (Wildman–Crippen LogP) is 0.738. The van der Waals surface area contributed by atoms with Gasteiger partial charge in [-0.1, -0.05) is 5.16 Å². The first-order valence-corrected chi connectivity index (χ1v) is 6.47. The highest BCUT2D eigenvalue weighted by atomic mass is 16.7. The van der Waals surface area contributed by atoms with Crippen molar-refractivity contribution in [2.24, 2.45) is 11.1 Å². The zero-order valence-corrected chi connectivity index (χ0v) is 10.8. The van der Waals surface area contributed by atoms with Crippen LogP contribution in [0.1, 0.15) is 5.56 Å². The van der Waals surface area contributed by atoms with E-state index in [1.807, 2.05) is 24.3 Å². The molecule has 20 heavy (non-hydrogen) atoms. The molecular weight excluding hydrogens is 262 g/mol. The zero-order valence-electron chi connectivity index (χ0n) is 10.8. The van der Waals surface area contributed by atoms with Crippen molar-refractivity contribution in [2.75, 3.05) is 13.7 Å². The first kappa shape index (κ1) is 11.9. The SMILES string of the molecule is COc1ccc(C2=NO[C@@H]3C4CO[C@H](O4)C(=O)C23)cc1. The van der Waals surface area contributed by atoms with Gasteiger partial charge in [-0.3, -0.25) is 4.79 Å². The smallest absolute Gasteiger partial charge is 0.219 e. The molecule has 1 aromatic rings. The van der Waals surface area contributed by atoms with Crippen LogP contribution < -0.4 is 4.74 Å². The Morgan fingerprint density at radius 1 is 1.30 bits per heavy atom. The maximum absolute atomic E-state index is 12.3. The molecule has 3 heterocycles. The molecule has 0 N–H and O–H groups in total. The third-order valence-electron chi connectivity index (χ3n) is 3.90. The van der Waals surface area contributed by atoms with Crippen LogP contribution >= 0.6 is 0 Å². The number of carbonyl (C=O) groups excluding carboxylic acids is 1. The number of ketones is 1. The number of nitrogens with zero attached hydrogens (tertiary/aromatic N) is 1. The summed E-state index contributed by atoms with van der Waals surface area (Å²) in [6, 6.07) is 7.41. The molecule has 0 saturated carbocycles. The maximum Gasteiger partial charge on any atom is 0.219 e. The van der Waals surface area contributed by atoms with E-state index in [2.05, 4.69) is 5.16 Å². The van der Waals surface area contributed by atoms with Crippen molar-refractivity contribution >= 4 is 11.5 Å². The molecule has 3 aliphatic heterocycles. The standard InChI is InChI=1S/C14H13NO5/c1-17-8-4-2-7(3-5-8)11-10-12(16)14-18-6-9(19-14)13(10)20-15-11/h2-5,9-10,13-14H,6H2,1H3/t9?,10?,13-,14-/m1/s1. The van der Waals surface area contributed by atoms with Crippen LogP contribution in [0.5, 0.6) is 5.75 Å². The number of fused-ring (bicyclic) bond motifs is 4. The van der Waals surface area contributed by atoms with Gasteiger partial charge >= 0.3 is 0 Å². The number of Topliss-reactive ketones (excluding diaryl/α,β-unsaturated/α-hetero) is 1. The number of hydrogen-bond acceptors (Lipinski definition) is 6. The Bertz CT molecular complexity index is 582. The number of hydrogen-bond donors (Lipinski definition) is 0. The minimum atomic E-state index is -0.772. The molecular formula is C14H13NO5. The quantitative estimate of drug-likeness (QED) is 0.796. The Morgan fingerprint density at radius 2 is 2.10 bits per heavy atom. The molecule has 2 saturated heterocycles. The monoisotopic (exact) mass is 275 g/mol. The van der Waals surface area contributed by atoms with E-state index in [-0.39, 0.29) is 18.0 Å². The van der Waals surface area contributed by atoms with E-state index in [0.717, 1.165) is 11.3 Å². The Labute approximate surface area is 115 Å². The fourth-order valence-electron chi connectivity index (χ4n) is 2.85. The first-order valence-electron chi connectivity index (χ1n) is 6.47. The fraction of sp³-hybridized carbons (Fsp3) is 0.429. The van der Waals surface area contributed by atoms with E-state index in [9.17, 15) is 4.79 Å². The van der Waals surface area contributed by atoms with Crippen molar-refractivity contribution in [3.63, 3.8) is 0 Å². The van der Waals surface area contributed by atoms with Crippen LogP contribution in [-0.2, 0) is 19.1 Å². The zero-order chi connectivity index (χ0) is 13.7. The topological polar surface area (TPSA) is 66.3 Å². The third-order valence-corrected chi connectivity index (χ3v) is 3.90. The first-order chi connectivity index (χ1) is 9.78. The normalized spacial score (nSPS) is 34.5. The molecule has 2 unspecified atom stereocenters. The lowest BCUT2D eigenvalue weighted by molar-refractivity contribution is -0.169. The lowest BCUT2D eigenvalue weighted by atomic mass is 9.85. The molecule has 6 heteroatoms. The van der Waals surface area contributed by atoms with Crippen LogP contribution in [0.25, 0.3) is 0 Å². The summed E-state index contributed by atoms with van der Waals surface area (Å²) >= 11 is 0. The second-order valence-electron chi connectivity index (χ2n) is 4.99. The second kappa shape index (κ2) is 4.29. The highest BCUT2D eigenvalue weighted by Crippen LogP contribution is 2.37. The summed E-state index contributed by atoms with van der Waals surface area (Å²) in [5, 5.41) is 4.09. The average Bonchev–Trinajstić information content (AvgIpc) is 3.11. The summed E-state index contributed by atoms with van der Waals surface area (Å²) < 4.78 is 15.9. The highest BCUT2D eigenvalue weighted by molar-refractivity contribution is 6.15. The third kappa shape index (κ3) is 1.58. The average molecular weight is 275 g/mol. The fourth-order valence-corrected chi connectivity index (χ4v) is 2.85. The molecule has 0 spiro atoms. The molecule has 0 amide bonds. The lowest BCUT2D eigenvalue weighted by Gasteiger charge is -2.27. The Morgan fingerprint density at radius 3 is 2.85 bits per heavy atom. The number of rotatable bonds is 2. The molecule has 4 rings (SSSR count). The van der Waals surface area contributed by atoms with Gasteiger partial charge in [0.25, 0.3) is 0 Å². The van der Waals surface area contributed by atoms with Crippen LogP contribution in [-0.4, -0.2) is 43.7 Å². The molecule has 3 aliphatic rings. The van der Waals surface area contributed by atoms with Gasteiger partial charge < -0.3 is 19.0 Å². The number of ether oxygens (including phenoxy) is 3. The van der Waals surface area contributed by atoms with Crippen molar-refractivity contribution in [1.29, 1.82) is 0 Å². The minimum Gasteiger partial charge on any atom is -0.497 e. The van der Waals surface area contributed by atoms with E-state index in [0.29, 0.717) is 12.3 Å². The van der Waals surface area contributed by atoms with Gasteiger partial charge in [0.1, 0.15) is 23.5 Å². The Hall–Kier alpha value is -1.92. The van der Waals surface area contributed by atoms with E-state index < -0.39 is 12.2 Å². The predicted molar refractivity (Wildman–Crippen MR) is 67.5 cm³/mol. The van der Waals surface area contributed by atoms with Crippen LogP contribution in [0, 0.1) is 5.92 Å². The molecule has 1 aromatic carbocycles. The van der Waals surface area contributed by atoms with Gasteiger partial charge in [0.2, 0.25) is 12.1 Å². The molecule has 0 aliphatic carbocycles. The molecule has 0 aromatic heterocycles. The van der Waals surface area contributed by atoms with E-state index in [1.54, 1.807) is 7.11 Å². The van der Waals surface area contributed by atoms with Gasteiger partial charge in [0, 0.05) is 5.56 Å². The summed E-state index contributed by atoms with van der Waals surface area (Å²) in [5.41, 5.74) is 1.50. The number of methoxy groups -OCH3 is 1. The van der Waals surface area contributed by atoms with Crippen LogP contribution in [0.4, 0.5) is 0 Å². The van der Waals surface area contributed by atoms with Gasteiger partial charge in [-0.05, 0) is 24.3 Å². The van der Waals surface area contributed by atoms with Crippen molar-refractivity contribution in [3.05, 3.63) is 29.8 Å². The van der Waals surface area contributed by atoms with E-state index >= 15 is 0 Å². The largest absolute Gasteiger partial charge is 0.497 e. The Kier molecular flexibility index (Phi) is 2.55. The van der Waals surface area contributed by atoms with Crippen LogP contribution in [0.2, 0.25) is 0 Å². The summed E-state index contributed by atoms with van der Waals surface area (Å²) in [4.78, 5) is 17.7. The minimum absolute atomic E-state index is 0.115. The summed E-state index contributed by atoms with van der Waals surface area (Å²) in [5.74, 6) is 0.233. The van der Waals surface area contributed by atoms with Gasteiger partial charge in [-0.15, -0.1) is 0 Å². The van der Waals surface area contributed by atoms with Crippen molar-refractivity contribution in [2.45, 2.75) is 18.5 Å². The van der Waals surface area contributed by atoms with E-state index in [1.165, 1.54) is 0 Å². The second-order valence-corrected chi connectivity index (χ2v) is 4.99. The molecule has 4 atom stereocenters. The molecule has 6 nitrogen and oxygen atoms in total. The van der Waals surface area contributed by atoms with Crippen molar-refractivity contribution < 1.29 is 23.8 Å². The van der Waals surface area contributed by atoms with Gasteiger partial charge in [-0.2, -0.15) is 0 Å². The maximum atomic E-state index is 12.3. The van der Waals surface area contributed by atoms with Gasteiger partial charge in [0.05, 0.1) is 13.7 Å². The van der Waals surface area contributed by atoms with Gasteiger partial charge in [0.15, 0.2) is 6.10 Å². The molecule has 104 valence electrons. The number of oxime groups is 1. The highest BCUT2D eigenvalue weighted by Gasteiger charge is 2.56. The summed E-state index contributed by atoms with van der Waals surface area (Å²) in [6.45, 7) is 0.378. The van der Waals surface area contributed by atoms with Crippen LogP contribution in [0.15, 0.2) is 29.4 Å². The summed E-state index contributed by atoms with van der Waals surface area (Å²) in [7, 11) is 1.61. The Balaban J connectivity index is 1.67.